The van der Waals surface area contributed by atoms with E-state index in [1.807, 2.05) is 18.2 Å². The minimum absolute atomic E-state index is 0.204. The molecule has 1 aliphatic heterocycles. The molecule has 0 spiro atoms. The second-order valence-electron chi connectivity index (χ2n) is 4.50. The predicted octanol–water partition coefficient (Wildman–Crippen LogP) is 0.620. The number of hydrogen-bond acceptors (Lipinski definition) is 3. The van der Waals surface area contributed by atoms with E-state index in [0.29, 0.717) is 13.0 Å². The summed E-state index contributed by atoms with van der Waals surface area (Å²) in [6.45, 7) is 0.727. The quantitative estimate of drug-likeness (QED) is 0.821. The predicted molar refractivity (Wildman–Crippen MR) is 65.7 cm³/mol. The molecule has 1 aliphatic rings. The Balaban J connectivity index is 2.02. The second-order valence-corrected chi connectivity index (χ2v) is 4.50. The lowest BCUT2D eigenvalue weighted by Gasteiger charge is -2.20. The van der Waals surface area contributed by atoms with Crippen LogP contribution in [0.3, 0.4) is 0 Å². The molecule has 96 valence electrons. The van der Waals surface area contributed by atoms with Crippen molar-refractivity contribution in [3.8, 4) is 0 Å². The fourth-order valence-corrected chi connectivity index (χ4v) is 2.16. The molecule has 2 rings (SSSR count). The summed E-state index contributed by atoms with van der Waals surface area (Å²) in [5, 5.41) is 8.90. The van der Waals surface area contributed by atoms with Gasteiger partial charge >= 0.3 is 5.97 Å². The Kier molecular flexibility index (Phi) is 3.62. The van der Waals surface area contributed by atoms with Gasteiger partial charge in [0.05, 0.1) is 5.92 Å². The van der Waals surface area contributed by atoms with Crippen molar-refractivity contribution < 1.29 is 14.7 Å². The molecule has 18 heavy (non-hydrogen) atoms. The Labute approximate surface area is 105 Å². The van der Waals surface area contributed by atoms with Gasteiger partial charge in [-0.15, -0.1) is 0 Å². The maximum Gasteiger partial charge on any atom is 0.308 e. The minimum Gasteiger partial charge on any atom is -0.481 e. The molecular weight excluding hydrogens is 232 g/mol. The molecule has 1 aromatic carbocycles. The molecule has 0 bridgehead atoms. The van der Waals surface area contributed by atoms with Crippen LogP contribution in [0.25, 0.3) is 0 Å². The van der Waals surface area contributed by atoms with Crippen LogP contribution in [0.4, 0.5) is 0 Å². The smallest absolute Gasteiger partial charge is 0.308 e. The largest absolute Gasteiger partial charge is 0.481 e. The molecule has 0 radical (unpaired) electrons. The molecule has 0 aliphatic carbocycles. The standard InChI is InChI=1S/C13H16N2O3/c14-11(9-4-2-1-3-5-9)12(16)15-7-6-10(8-15)13(17)18/h1-5,10-11H,6-8,14H2,(H,17,18)/t10?,11-/m0/s1. The fraction of sp³-hybridized carbons (Fsp3) is 0.385. The number of carboxylic acid groups (broad SMARTS) is 1. The van der Waals surface area contributed by atoms with Crippen molar-refractivity contribution >= 4 is 11.9 Å². The number of carboxylic acids is 1. The highest BCUT2D eigenvalue weighted by atomic mass is 16.4. The Morgan fingerprint density at radius 3 is 2.56 bits per heavy atom. The van der Waals surface area contributed by atoms with E-state index in [2.05, 4.69) is 0 Å². The third-order valence-corrected chi connectivity index (χ3v) is 3.27. The first kappa shape index (κ1) is 12.6. The highest BCUT2D eigenvalue weighted by Crippen LogP contribution is 2.20. The van der Waals surface area contributed by atoms with Crippen molar-refractivity contribution in [1.82, 2.24) is 4.90 Å². The number of carbonyl (C=O) groups excluding carboxylic acids is 1. The number of amides is 1. The molecule has 0 aromatic heterocycles. The Hall–Kier alpha value is -1.88. The molecule has 1 heterocycles. The molecule has 1 aromatic rings. The molecule has 2 atom stereocenters. The Bertz CT molecular complexity index is 447. The van der Waals surface area contributed by atoms with E-state index >= 15 is 0 Å². The Morgan fingerprint density at radius 2 is 2.00 bits per heavy atom. The van der Waals surface area contributed by atoms with Crippen molar-refractivity contribution in [1.29, 1.82) is 0 Å². The van der Waals surface area contributed by atoms with Gasteiger partial charge in [-0.2, -0.15) is 0 Å². The third-order valence-electron chi connectivity index (χ3n) is 3.27. The number of nitrogens with two attached hydrogens (primary N) is 1. The number of nitrogens with zero attached hydrogens (tertiary/aromatic N) is 1. The number of hydrogen-bond donors (Lipinski definition) is 2. The average molecular weight is 248 g/mol. The summed E-state index contributed by atoms with van der Waals surface area (Å²) in [5.74, 6) is -1.51. The number of benzene rings is 1. The normalized spacial score (nSPS) is 20.7. The molecule has 3 N–H and O–H groups in total. The summed E-state index contributed by atoms with van der Waals surface area (Å²) in [6, 6.07) is 8.40. The number of aliphatic carboxylic acids is 1. The van der Waals surface area contributed by atoms with E-state index in [4.69, 9.17) is 10.8 Å². The molecule has 0 saturated carbocycles. The molecule has 1 unspecified atom stereocenters. The zero-order chi connectivity index (χ0) is 13.1. The van der Waals surface area contributed by atoms with Gasteiger partial charge in [0.1, 0.15) is 6.04 Å². The van der Waals surface area contributed by atoms with Gasteiger partial charge in [-0.25, -0.2) is 0 Å². The molecule has 5 heteroatoms. The monoisotopic (exact) mass is 248 g/mol. The summed E-state index contributed by atoms with van der Waals surface area (Å²) in [4.78, 5) is 24.5. The van der Waals surface area contributed by atoms with Gasteiger partial charge in [0, 0.05) is 13.1 Å². The molecule has 1 saturated heterocycles. The molecule has 1 amide bonds. The maximum atomic E-state index is 12.1. The van der Waals surface area contributed by atoms with Crippen LogP contribution in [0, 0.1) is 5.92 Å². The summed E-state index contributed by atoms with van der Waals surface area (Å²) in [5.41, 5.74) is 6.65. The van der Waals surface area contributed by atoms with E-state index in [1.165, 1.54) is 4.90 Å². The van der Waals surface area contributed by atoms with Gasteiger partial charge in [0.25, 0.3) is 0 Å². The Morgan fingerprint density at radius 1 is 1.33 bits per heavy atom. The topological polar surface area (TPSA) is 83.6 Å². The third kappa shape index (κ3) is 2.51. The highest BCUT2D eigenvalue weighted by molar-refractivity contribution is 5.84. The van der Waals surface area contributed by atoms with Gasteiger partial charge in [0.15, 0.2) is 0 Å². The van der Waals surface area contributed by atoms with Crippen LogP contribution in [-0.4, -0.2) is 35.0 Å². The van der Waals surface area contributed by atoms with Crippen molar-refractivity contribution in [2.75, 3.05) is 13.1 Å². The van der Waals surface area contributed by atoms with Crippen molar-refractivity contribution in [2.45, 2.75) is 12.5 Å². The van der Waals surface area contributed by atoms with Crippen LogP contribution >= 0.6 is 0 Å². The van der Waals surface area contributed by atoms with Gasteiger partial charge in [0.2, 0.25) is 5.91 Å². The summed E-state index contributed by atoms with van der Waals surface area (Å²) < 4.78 is 0. The number of likely N-dealkylation sites (tertiary alicyclic amines) is 1. The lowest BCUT2D eigenvalue weighted by atomic mass is 10.1. The van der Waals surface area contributed by atoms with Crippen LogP contribution in [0.2, 0.25) is 0 Å². The van der Waals surface area contributed by atoms with E-state index in [-0.39, 0.29) is 12.5 Å². The van der Waals surface area contributed by atoms with Gasteiger partial charge in [-0.3, -0.25) is 9.59 Å². The maximum absolute atomic E-state index is 12.1. The molecule has 5 nitrogen and oxygen atoms in total. The van der Waals surface area contributed by atoms with Gasteiger partial charge in [-0.1, -0.05) is 30.3 Å². The lowest BCUT2D eigenvalue weighted by Crippen LogP contribution is -2.37. The summed E-state index contributed by atoms with van der Waals surface area (Å²) >= 11 is 0. The van der Waals surface area contributed by atoms with Crippen molar-refractivity contribution in [3.05, 3.63) is 35.9 Å². The zero-order valence-electron chi connectivity index (χ0n) is 9.95. The van der Waals surface area contributed by atoms with Crippen molar-refractivity contribution in [3.63, 3.8) is 0 Å². The van der Waals surface area contributed by atoms with Crippen LogP contribution in [0.15, 0.2) is 30.3 Å². The average Bonchev–Trinajstić information content (AvgIpc) is 2.88. The molecular formula is C13H16N2O3. The van der Waals surface area contributed by atoms with Crippen LogP contribution in [0.5, 0.6) is 0 Å². The van der Waals surface area contributed by atoms with Gasteiger partial charge in [-0.05, 0) is 12.0 Å². The van der Waals surface area contributed by atoms with E-state index < -0.39 is 17.9 Å². The number of rotatable bonds is 3. The summed E-state index contributed by atoms with van der Waals surface area (Å²) in [6.07, 6.45) is 0.503. The highest BCUT2D eigenvalue weighted by Gasteiger charge is 2.33. The van der Waals surface area contributed by atoms with Crippen LogP contribution in [-0.2, 0) is 9.59 Å². The van der Waals surface area contributed by atoms with Crippen LogP contribution < -0.4 is 5.73 Å². The summed E-state index contributed by atoms with van der Waals surface area (Å²) in [7, 11) is 0. The first-order chi connectivity index (χ1) is 8.59. The van der Waals surface area contributed by atoms with E-state index in [9.17, 15) is 9.59 Å². The second kappa shape index (κ2) is 5.18. The molecule has 1 fully saturated rings. The first-order valence-corrected chi connectivity index (χ1v) is 5.91. The SMILES string of the molecule is N[C@H](C(=O)N1CCC(C(=O)O)C1)c1ccccc1. The van der Waals surface area contributed by atoms with E-state index in [0.717, 1.165) is 5.56 Å². The van der Waals surface area contributed by atoms with Crippen molar-refractivity contribution in [2.24, 2.45) is 11.7 Å². The number of carbonyl (C=O) groups is 2. The van der Waals surface area contributed by atoms with Crippen LogP contribution in [0.1, 0.15) is 18.0 Å². The van der Waals surface area contributed by atoms with Gasteiger partial charge < -0.3 is 15.7 Å². The fourth-order valence-electron chi connectivity index (χ4n) is 2.16. The lowest BCUT2D eigenvalue weighted by molar-refractivity contribution is -0.141. The zero-order valence-corrected chi connectivity index (χ0v) is 9.95. The van der Waals surface area contributed by atoms with E-state index in [1.54, 1.807) is 12.1 Å². The minimum atomic E-state index is -0.849. The first-order valence-electron chi connectivity index (χ1n) is 5.91.